The fourth-order valence-corrected chi connectivity index (χ4v) is 3.46. The smallest absolute Gasteiger partial charge is 0.360 e. The highest BCUT2D eigenvalue weighted by Crippen LogP contribution is 2.37. The van der Waals surface area contributed by atoms with Crippen molar-refractivity contribution >= 4 is 23.0 Å². The number of nitrogens with one attached hydrogen (secondary N) is 2. The Morgan fingerprint density at radius 2 is 1.46 bits per heavy atom. The van der Waals surface area contributed by atoms with Crippen molar-refractivity contribution < 1.29 is 26.3 Å². The molecule has 0 bridgehead atoms. The van der Waals surface area contributed by atoms with E-state index in [2.05, 4.69) is 10.6 Å². The summed E-state index contributed by atoms with van der Waals surface area (Å²) in [5.74, 6) is 0.385. The first-order valence-corrected chi connectivity index (χ1v) is 8.74. The SMILES string of the molecule is C[C@H](NC(=S)Nc1cc(C(F)(F)F)cc(C(F)(F)F)c1)C1CCCCC1. The fraction of sp³-hybridized carbons (Fsp3) is 0.588. The van der Waals surface area contributed by atoms with Crippen molar-refractivity contribution in [2.45, 2.75) is 57.4 Å². The van der Waals surface area contributed by atoms with Gasteiger partial charge in [-0.05, 0) is 56.1 Å². The van der Waals surface area contributed by atoms with Crippen LogP contribution in [-0.2, 0) is 12.4 Å². The van der Waals surface area contributed by atoms with Gasteiger partial charge in [-0.1, -0.05) is 19.3 Å². The Hall–Kier alpha value is -1.51. The van der Waals surface area contributed by atoms with Crippen LogP contribution in [0.25, 0.3) is 0 Å². The number of anilines is 1. The zero-order chi connectivity index (χ0) is 19.5. The van der Waals surface area contributed by atoms with Gasteiger partial charge in [-0.2, -0.15) is 26.3 Å². The molecule has 0 amide bonds. The predicted molar refractivity (Wildman–Crippen MR) is 91.8 cm³/mol. The molecule has 26 heavy (non-hydrogen) atoms. The molecule has 0 aliphatic heterocycles. The molecule has 2 N–H and O–H groups in total. The van der Waals surface area contributed by atoms with Crippen LogP contribution in [0.1, 0.15) is 50.2 Å². The Kier molecular flexibility index (Phi) is 6.42. The Morgan fingerprint density at radius 3 is 1.92 bits per heavy atom. The summed E-state index contributed by atoms with van der Waals surface area (Å²) in [6.07, 6.45) is -4.32. The molecular formula is C17H20F6N2S. The molecule has 0 saturated heterocycles. The maximum atomic E-state index is 12.9. The molecule has 0 unspecified atom stereocenters. The molecule has 146 valence electrons. The average Bonchev–Trinajstić information content (AvgIpc) is 2.53. The zero-order valence-electron chi connectivity index (χ0n) is 14.1. The van der Waals surface area contributed by atoms with Crippen LogP contribution in [0.15, 0.2) is 18.2 Å². The van der Waals surface area contributed by atoms with Crippen LogP contribution in [0.4, 0.5) is 32.0 Å². The summed E-state index contributed by atoms with van der Waals surface area (Å²) in [6, 6.07) is 1.32. The molecule has 0 radical (unpaired) electrons. The van der Waals surface area contributed by atoms with E-state index < -0.39 is 23.5 Å². The number of alkyl halides is 6. The normalized spacial score (nSPS) is 17.7. The molecule has 1 aromatic rings. The van der Waals surface area contributed by atoms with Crippen LogP contribution in [0.2, 0.25) is 0 Å². The van der Waals surface area contributed by atoms with Crippen LogP contribution in [0, 0.1) is 5.92 Å². The monoisotopic (exact) mass is 398 g/mol. The second-order valence-corrected chi connectivity index (χ2v) is 6.99. The summed E-state index contributed by atoms with van der Waals surface area (Å²) in [4.78, 5) is 0. The molecule has 2 rings (SSSR count). The molecule has 0 aromatic heterocycles. The highest BCUT2D eigenvalue weighted by atomic mass is 32.1. The van der Waals surface area contributed by atoms with Crippen molar-refractivity contribution in [3.05, 3.63) is 29.3 Å². The average molecular weight is 398 g/mol. The van der Waals surface area contributed by atoms with E-state index in [0.717, 1.165) is 25.7 Å². The van der Waals surface area contributed by atoms with Crippen LogP contribution >= 0.6 is 12.2 Å². The lowest BCUT2D eigenvalue weighted by molar-refractivity contribution is -0.143. The van der Waals surface area contributed by atoms with E-state index in [1.54, 1.807) is 0 Å². The lowest BCUT2D eigenvalue weighted by Gasteiger charge is -2.29. The number of halogens is 6. The van der Waals surface area contributed by atoms with Gasteiger partial charge in [0.1, 0.15) is 0 Å². The van der Waals surface area contributed by atoms with Crippen molar-refractivity contribution in [2.75, 3.05) is 5.32 Å². The molecule has 9 heteroatoms. The van der Waals surface area contributed by atoms with Crippen molar-refractivity contribution in [3.8, 4) is 0 Å². The van der Waals surface area contributed by atoms with Gasteiger partial charge in [0.05, 0.1) is 11.1 Å². The topological polar surface area (TPSA) is 24.1 Å². The van der Waals surface area contributed by atoms with Gasteiger partial charge in [0, 0.05) is 11.7 Å². The molecule has 0 heterocycles. The molecule has 2 nitrogen and oxygen atoms in total. The summed E-state index contributed by atoms with van der Waals surface area (Å²) < 4.78 is 77.3. The number of hydrogen-bond acceptors (Lipinski definition) is 1. The molecule has 1 aromatic carbocycles. The quantitative estimate of drug-likeness (QED) is 0.484. The molecule has 1 aliphatic carbocycles. The van der Waals surface area contributed by atoms with E-state index in [1.807, 2.05) is 6.92 Å². The van der Waals surface area contributed by atoms with E-state index in [4.69, 9.17) is 12.2 Å². The van der Waals surface area contributed by atoms with Crippen molar-refractivity contribution in [1.29, 1.82) is 0 Å². The Balaban J connectivity index is 2.13. The summed E-state index contributed by atoms with van der Waals surface area (Å²) in [5, 5.41) is 5.44. The summed E-state index contributed by atoms with van der Waals surface area (Å²) in [5.41, 5.74) is -3.10. The van der Waals surface area contributed by atoms with Crippen LogP contribution in [0.3, 0.4) is 0 Å². The molecule has 0 spiro atoms. The predicted octanol–water partition coefficient (Wildman–Crippen LogP) is 5.98. The minimum Gasteiger partial charge on any atom is -0.360 e. The summed E-state index contributed by atoms with van der Waals surface area (Å²) in [6.45, 7) is 1.91. The third-order valence-corrected chi connectivity index (χ3v) is 4.78. The summed E-state index contributed by atoms with van der Waals surface area (Å²) in [7, 11) is 0. The number of hydrogen-bond donors (Lipinski definition) is 2. The van der Waals surface area contributed by atoms with Gasteiger partial charge in [-0.15, -0.1) is 0 Å². The Morgan fingerprint density at radius 1 is 0.962 bits per heavy atom. The van der Waals surface area contributed by atoms with Gasteiger partial charge in [0.15, 0.2) is 5.11 Å². The fourth-order valence-electron chi connectivity index (χ4n) is 3.15. The first kappa shape index (κ1) is 20.8. The minimum absolute atomic E-state index is 0.00974. The molecule has 1 fully saturated rings. The first-order chi connectivity index (χ1) is 12.0. The van der Waals surface area contributed by atoms with E-state index >= 15 is 0 Å². The van der Waals surface area contributed by atoms with E-state index in [-0.39, 0.29) is 22.9 Å². The second kappa shape index (κ2) is 8.02. The van der Waals surface area contributed by atoms with Crippen LogP contribution < -0.4 is 10.6 Å². The standard InChI is InChI=1S/C17H20F6N2S/c1-10(11-5-3-2-4-6-11)24-15(26)25-14-8-12(16(18,19)20)7-13(9-14)17(21,22)23/h7-11H,2-6H2,1H3,(H2,24,25,26)/t10-/m0/s1. The zero-order valence-corrected chi connectivity index (χ0v) is 14.9. The van der Waals surface area contributed by atoms with Gasteiger partial charge in [-0.3, -0.25) is 0 Å². The molecular weight excluding hydrogens is 378 g/mol. The van der Waals surface area contributed by atoms with Gasteiger partial charge in [0.25, 0.3) is 0 Å². The second-order valence-electron chi connectivity index (χ2n) is 6.58. The molecule has 1 atom stereocenters. The van der Waals surface area contributed by atoms with Crippen molar-refractivity contribution in [1.82, 2.24) is 5.32 Å². The third kappa shape index (κ3) is 5.75. The number of rotatable bonds is 3. The van der Waals surface area contributed by atoms with Gasteiger partial charge in [-0.25, -0.2) is 0 Å². The lowest BCUT2D eigenvalue weighted by atomic mass is 9.85. The third-order valence-electron chi connectivity index (χ3n) is 4.56. The van der Waals surface area contributed by atoms with Gasteiger partial charge < -0.3 is 10.6 Å². The summed E-state index contributed by atoms with van der Waals surface area (Å²) >= 11 is 5.07. The highest BCUT2D eigenvalue weighted by molar-refractivity contribution is 7.80. The first-order valence-electron chi connectivity index (χ1n) is 8.34. The van der Waals surface area contributed by atoms with E-state index in [0.29, 0.717) is 18.1 Å². The number of thiocarbonyl (C=S) groups is 1. The Labute approximate surface area is 153 Å². The minimum atomic E-state index is -4.89. The van der Waals surface area contributed by atoms with Gasteiger partial charge >= 0.3 is 12.4 Å². The highest BCUT2D eigenvalue weighted by Gasteiger charge is 2.37. The van der Waals surface area contributed by atoms with Gasteiger partial charge in [0.2, 0.25) is 0 Å². The maximum Gasteiger partial charge on any atom is 0.416 e. The van der Waals surface area contributed by atoms with Crippen molar-refractivity contribution in [2.24, 2.45) is 5.92 Å². The lowest BCUT2D eigenvalue weighted by Crippen LogP contribution is -2.41. The largest absolute Gasteiger partial charge is 0.416 e. The van der Waals surface area contributed by atoms with E-state index in [9.17, 15) is 26.3 Å². The van der Waals surface area contributed by atoms with Crippen LogP contribution in [0.5, 0.6) is 0 Å². The van der Waals surface area contributed by atoms with Crippen molar-refractivity contribution in [3.63, 3.8) is 0 Å². The Bertz CT molecular complexity index is 603. The van der Waals surface area contributed by atoms with Crippen LogP contribution in [-0.4, -0.2) is 11.2 Å². The van der Waals surface area contributed by atoms with E-state index in [1.165, 1.54) is 6.42 Å². The number of benzene rings is 1. The maximum absolute atomic E-state index is 12.9. The molecule has 1 saturated carbocycles. The molecule has 1 aliphatic rings.